The summed E-state index contributed by atoms with van der Waals surface area (Å²) in [7, 11) is 1.96. The number of nitrogens with two attached hydrogens (primary N) is 1. The largest absolute Gasteiger partial charge is 0.327 e. The fourth-order valence-electron chi connectivity index (χ4n) is 2.13. The zero-order chi connectivity index (χ0) is 9.80. The number of rotatable bonds is 1. The third-order valence-corrected chi connectivity index (χ3v) is 3.26. The van der Waals surface area contributed by atoms with E-state index in [-0.39, 0.29) is 11.5 Å². The van der Waals surface area contributed by atoms with Crippen molar-refractivity contribution in [2.24, 2.45) is 18.2 Å². The quantitative estimate of drug-likeness (QED) is 0.703. The summed E-state index contributed by atoms with van der Waals surface area (Å²) in [5.41, 5.74) is 8.68. The molecule has 1 aromatic heterocycles. The molecule has 72 valence electrons. The summed E-state index contributed by atoms with van der Waals surface area (Å²) in [5.74, 6) is 0.452. The Bertz CT molecular complexity index is 338. The van der Waals surface area contributed by atoms with Crippen LogP contribution in [0.3, 0.4) is 0 Å². The van der Waals surface area contributed by atoms with Crippen molar-refractivity contribution in [3.63, 3.8) is 0 Å². The van der Waals surface area contributed by atoms with E-state index in [1.165, 1.54) is 11.3 Å². The summed E-state index contributed by atoms with van der Waals surface area (Å²) < 4.78 is 1.87. The molecule has 1 aliphatic rings. The molecule has 2 N–H and O–H groups in total. The molecule has 1 fully saturated rings. The predicted octanol–water partition coefficient (Wildman–Crippen LogP) is 1.18. The Balaban J connectivity index is 2.34. The van der Waals surface area contributed by atoms with Gasteiger partial charge in [-0.3, -0.25) is 4.68 Å². The van der Waals surface area contributed by atoms with Gasteiger partial charge in [-0.25, -0.2) is 0 Å². The van der Waals surface area contributed by atoms with E-state index in [2.05, 4.69) is 32.1 Å². The smallest absolute Gasteiger partial charge is 0.0706 e. The molecule has 3 nitrogen and oxygen atoms in total. The molecule has 0 bridgehead atoms. The SMILES string of the molecule is Cc1cn(C)nc1[C@H]1[C@H](N)C1(C)C. The first-order valence-electron chi connectivity index (χ1n) is 4.70. The van der Waals surface area contributed by atoms with Gasteiger partial charge in [0, 0.05) is 25.2 Å². The molecule has 0 amide bonds. The molecule has 1 aromatic rings. The second-order valence-electron chi connectivity index (χ2n) is 4.70. The van der Waals surface area contributed by atoms with Gasteiger partial charge in [0.05, 0.1) is 5.69 Å². The van der Waals surface area contributed by atoms with Crippen molar-refractivity contribution in [2.45, 2.75) is 32.7 Å². The fraction of sp³-hybridized carbons (Fsp3) is 0.700. The van der Waals surface area contributed by atoms with Gasteiger partial charge in [-0.2, -0.15) is 5.10 Å². The second-order valence-corrected chi connectivity index (χ2v) is 4.70. The molecule has 1 heterocycles. The van der Waals surface area contributed by atoms with Crippen LogP contribution < -0.4 is 5.73 Å². The van der Waals surface area contributed by atoms with E-state index in [4.69, 9.17) is 5.73 Å². The Hall–Kier alpha value is -0.830. The van der Waals surface area contributed by atoms with E-state index in [0.717, 1.165) is 0 Å². The normalized spacial score (nSPS) is 30.5. The van der Waals surface area contributed by atoms with Crippen molar-refractivity contribution in [1.82, 2.24) is 9.78 Å². The van der Waals surface area contributed by atoms with Gasteiger partial charge >= 0.3 is 0 Å². The summed E-state index contributed by atoms with van der Waals surface area (Å²) in [5, 5.41) is 4.45. The third kappa shape index (κ3) is 1.10. The van der Waals surface area contributed by atoms with Crippen molar-refractivity contribution in [3.05, 3.63) is 17.5 Å². The number of hydrogen-bond acceptors (Lipinski definition) is 2. The molecule has 0 radical (unpaired) electrons. The Kier molecular flexibility index (Phi) is 1.58. The van der Waals surface area contributed by atoms with Crippen LogP contribution in [0.5, 0.6) is 0 Å². The van der Waals surface area contributed by atoms with Crippen LogP contribution in [0.4, 0.5) is 0 Å². The molecule has 1 aliphatic carbocycles. The molecule has 3 heteroatoms. The van der Waals surface area contributed by atoms with Gasteiger partial charge in [-0.15, -0.1) is 0 Å². The van der Waals surface area contributed by atoms with Gasteiger partial charge in [-0.1, -0.05) is 13.8 Å². The zero-order valence-electron chi connectivity index (χ0n) is 8.70. The predicted molar refractivity (Wildman–Crippen MR) is 52.4 cm³/mol. The van der Waals surface area contributed by atoms with Gasteiger partial charge < -0.3 is 5.73 Å². The average Bonchev–Trinajstić information content (AvgIpc) is 2.36. The maximum atomic E-state index is 6.01. The van der Waals surface area contributed by atoms with E-state index in [0.29, 0.717) is 5.92 Å². The first-order valence-corrected chi connectivity index (χ1v) is 4.70. The van der Waals surface area contributed by atoms with Crippen molar-refractivity contribution < 1.29 is 0 Å². The molecular formula is C10H17N3. The average molecular weight is 179 g/mol. The minimum Gasteiger partial charge on any atom is -0.327 e. The van der Waals surface area contributed by atoms with Crippen LogP contribution in [-0.4, -0.2) is 15.8 Å². The van der Waals surface area contributed by atoms with Gasteiger partial charge in [-0.05, 0) is 17.9 Å². The first-order chi connectivity index (χ1) is 5.94. The summed E-state index contributed by atoms with van der Waals surface area (Å²) in [6.07, 6.45) is 2.05. The Morgan fingerprint density at radius 1 is 1.54 bits per heavy atom. The minimum atomic E-state index is 0.235. The minimum absolute atomic E-state index is 0.235. The van der Waals surface area contributed by atoms with Crippen LogP contribution in [0.1, 0.15) is 31.0 Å². The van der Waals surface area contributed by atoms with Crippen LogP contribution in [0.2, 0.25) is 0 Å². The highest BCUT2D eigenvalue weighted by molar-refractivity contribution is 5.33. The lowest BCUT2D eigenvalue weighted by Gasteiger charge is -1.99. The molecule has 0 saturated heterocycles. The Labute approximate surface area is 78.9 Å². The van der Waals surface area contributed by atoms with Crippen molar-refractivity contribution >= 4 is 0 Å². The standard InChI is InChI=1S/C10H17N3/c1-6-5-13(4)12-8(6)7-9(11)10(7,2)3/h5,7,9H,11H2,1-4H3/t7-,9-/m0/s1. The molecule has 0 spiro atoms. The second kappa shape index (κ2) is 2.35. The molecule has 1 saturated carbocycles. The monoisotopic (exact) mass is 179 g/mol. The highest BCUT2D eigenvalue weighted by atomic mass is 15.3. The maximum Gasteiger partial charge on any atom is 0.0706 e. The topological polar surface area (TPSA) is 43.8 Å². The van der Waals surface area contributed by atoms with Gasteiger partial charge in [0.15, 0.2) is 0 Å². The number of nitrogens with zero attached hydrogens (tertiary/aromatic N) is 2. The van der Waals surface area contributed by atoms with Crippen molar-refractivity contribution in [2.75, 3.05) is 0 Å². The third-order valence-electron chi connectivity index (χ3n) is 3.26. The summed E-state index contributed by atoms with van der Waals surface area (Å²) >= 11 is 0. The van der Waals surface area contributed by atoms with Crippen molar-refractivity contribution in [1.29, 1.82) is 0 Å². The molecule has 0 unspecified atom stereocenters. The van der Waals surface area contributed by atoms with Gasteiger partial charge in [0.1, 0.15) is 0 Å². The number of aromatic nitrogens is 2. The summed E-state index contributed by atoms with van der Waals surface area (Å²) in [6.45, 7) is 6.51. The molecule has 0 aliphatic heterocycles. The maximum absolute atomic E-state index is 6.01. The fourth-order valence-corrected chi connectivity index (χ4v) is 2.13. The number of hydrogen-bond donors (Lipinski definition) is 1. The highest BCUT2D eigenvalue weighted by Crippen LogP contribution is 2.57. The Morgan fingerprint density at radius 3 is 2.38 bits per heavy atom. The molecule has 2 rings (SSSR count). The number of aryl methyl sites for hydroxylation is 2. The van der Waals surface area contributed by atoms with E-state index >= 15 is 0 Å². The van der Waals surface area contributed by atoms with E-state index < -0.39 is 0 Å². The van der Waals surface area contributed by atoms with Crippen LogP contribution in [-0.2, 0) is 7.05 Å². The molecular weight excluding hydrogens is 162 g/mol. The van der Waals surface area contributed by atoms with Gasteiger partial charge in [0.25, 0.3) is 0 Å². The van der Waals surface area contributed by atoms with Crippen LogP contribution >= 0.6 is 0 Å². The van der Waals surface area contributed by atoms with Crippen LogP contribution in [0.25, 0.3) is 0 Å². The lowest BCUT2D eigenvalue weighted by molar-refractivity contribution is 0.591. The molecule has 2 atom stereocenters. The van der Waals surface area contributed by atoms with Crippen LogP contribution in [0.15, 0.2) is 6.20 Å². The lowest BCUT2D eigenvalue weighted by Crippen LogP contribution is -2.06. The van der Waals surface area contributed by atoms with E-state index in [1.54, 1.807) is 0 Å². The molecule has 13 heavy (non-hydrogen) atoms. The summed E-state index contributed by atoms with van der Waals surface area (Å²) in [6, 6.07) is 0.279. The summed E-state index contributed by atoms with van der Waals surface area (Å²) in [4.78, 5) is 0. The first kappa shape index (κ1) is 8.75. The van der Waals surface area contributed by atoms with E-state index in [9.17, 15) is 0 Å². The van der Waals surface area contributed by atoms with Crippen LogP contribution in [0, 0.1) is 12.3 Å². The highest BCUT2D eigenvalue weighted by Gasteiger charge is 2.57. The lowest BCUT2D eigenvalue weighted by atomic mass is 10.1. The molecule has 0 aromatic carbocycles. The Morgan fingerprint density at radius 2 is 2.08 bits per heavy atom. The van der Waals surface area contributed by atoms with E-state index in [1.807, 2.05) is 11.7 Å². The van der Waals surface area contributed by atoms with Gasteiger partial charge in [0.2, 0.25) is 0 Å². The van der Waals surface area contributed by atoms with Crippen molar-refractivity contribution in [3.8, 4) is 0 Å². The zero-order valence-corrected chi connectivity index (χ0v) is 8.70.